The fourth-order valence-corrected chi connectivity index (χ4v) is 2.68. The van der Waals surface area contributed by atoms with E-state index in [9.17, 15) is 19.2 Å². The molecule has 0 radical (unpaired) electrons. The molecule has 9 heteroatoms. The van der Waals surface area contributed by atoms with Gasteiger partial charge in [-0.15, -0.1) is 0 Å². The second-order valence-electron chi connectivity index (χ2n) is 7.17. The minimum absolute atomic E-state index is 0.309. The highest BCUT2D eigenvalue weighted by Crippen LogP contribution is 2.24. The number of benzene rings is 2. The van der Waals surface area contributed by atoms with Crippen molar-refractivity contribution in [3.8, 4) is 5.75 Å². The number of carbonyl (C=O) groups is 4. The van der Waals surface area contributed by atoms with Gasteiger partial charge < -0.3 is 25.4 Å². The maximum Gasteiger partial charge on any atom is 0.325 e. The van der Waals surface area contributed by atoms with Gasteiger partial charge in [-0.1, -0.05) is 12.1 Å². The molecule has 0 saturated heterocycles. The number of aryl methyl sites for hydroxylation is 3. The Bertz CT molecular complexity index is 1020. The first-order valence-corrected chi connectivity index (χ1v) is 9.92. The van der Waals surface area contributed by atoms with Crippen molar-refractivity contribution in [2.45, 2.75) is 20.8 Å². The molecule has 0 aliphatic rings. The van der Waals surface area contributed by atoms with Crippen LogP contribution < -0.4 is 20.7 Å². The standard InChI is InChI=1S/C23H27N3O6/c1-14-5-8-19(31-4)18(9-14)26-20(27)11-24-21(28)13-32-22(29)12-25-23(30)17-7-6-15(2)16(3)10-17/h5-10H,11-13H2,1-4H3,(H,24,28)(H,25,30)(H,26,27). The van der Waals surface area contributed by atoms with Crippen LogP contribution in [-0.2, 0) is 19.1 Å². The van der Waals surface area contributed by atoms with Crippen LogP contribution in [0.15, 0.2) is 36.4 Å². The van der Waals surface area contributed by atoms with Crippen LogP contribution in [0.4, 0.5) is 5.69 Å². The Morgan fingerprint density at radius 1 is 0.844 bits per heavy atom. The summed E-state index contributed by atoms with van der Waals surface area (Å²) in [6, 6.07) is 10.5. The molecule has 3 N–H and O–H groups in total. The molecule has 0 unspecified atom stereocenters. The van der Waals surface area contributed by atoms with E-state index in [-0.39, 0.29) is 13.1 Å². The van der Waals surface area contributed by atoms with Gasteiger partial charge in [0, 0.05) is 5.56 Å². The predicted octanol–water partition coefficient (Wildman–Crippen LogP) is 1.65. The van der Waals surface area contributed by atoms with Crippen LogP contribution in [0.25, 0.3) is 0 Å². The molecule has 0 spiro atoms. The molecule has 0 aliphatic heterocycles. The summed E-state index contributed by atoms with van der Waals surface area (Å²) in [5, 5.41) is 7.44. The Hall–Kier alpha value is -3.88. The van der Waals surface area contributed by atoms with Gasteiger partial charge in [0.2, 0.25) is 5.91 Å². The molecular formula is C23H27N3O6. The van der Waals surface area contributed by atoms with Crippen LogP contribution in [0.1, 0.15) is 27.0 Å². The molecular weight excluding hydrogens is 414 g/mol. The van der Waals surface area contributed by atoms with Crippen LogP contribution in [0.2, 0.25) is 0 Å². The lowest BCUT2D eigenvalue weighted by atomic mass is 10.1. The zero-order valence-corrected chi connectivity index (χ0v) is 18.5. The Morgan fingerprint density at radius 3 is 2.28 bits per heavy atom. The molecule has 9 nitrogen and oxygen atoms in total. The summed E-state index contributed by atoms with van der Waals surface area (Å²) < 4.78 is 10.00. The number of esters is 1. The summed E-state index contributed by atoms with van der Waals surface area (Å²) in [6.45, 7) is 4.43. The third-order valence-electron chi connectivity index (χ3n) is 4.60. The van der Waals surface area contributed by atoms with E-state index in [2.05, 4.69) is 16.0 Å². The van der Waals surface area contributed by atoms with Gasteiger partial charge in [0.05, 0.1) is 19.3 Å². The zero-order valence-electron chi connectivity index (χ0n) is 18.5. The monoisotopic (exact) mass is 441 g/mol. The second kappa shape index (κ2) is 11.5. The van der Waals surface area contributed by atoms with Gasteiger partial charge in [-0.25, -0.2) is 0 Å². The SMILES string of the molecule is COc1ccc(C)cc1NC(=O)CNC(=O)COC(=O)CNC(=O)c1ccc(C)c(C)c1. The molecule has 0 aromatic heterocycles. The number of hydrogen-bond acceptors (Lipinski definition) is 6. The lowest BCUT2D eigenvalue weighted by molar-refractivity contribution is -0.147. The average Bonchev–Trinajstić information content (AvgIpc) is 2.76. The van der Waals surface area contributed by atoms with E-state index < -0.39 is 30.3 Å². The number of anilines is 1. The normalized spacial score (nSPS) is 10.1. The average molecular weight is 441 g/mol. The summed E-state index contributed by atoms with van der Waals surface area (Å²) in [4.78, 5) is 47.8. The van der Waals surface area contributed by atoms with Crippen LogP contribution in [0.5, 0.6) is 5.75 Å². The highest BCUT2D eigenvalue weighted by atomic mass is 16.5. The van der Waals surface area contributed by atoms with Crippen LogP contribution in [0, 0.1) is 20.8 Å². The smallest absolute Gasteiger partial charge is 0.325 e. The topological polar surface area (TPSA) is 123 Å². The maximum absolute atomic E-state index is 12.1. The van der Waals surface area contributed by atoms with Crippen molar-refractivity contribution in [2.75, 3.05) is 32.1 Å². The van der Waals surface area contributed by atoms with E-state index >= 15 is 0 Å². The Morgan fingerprint density at radius 2 is 1.59 bits per heavy atom. The van der Waals surface area contributed by atoms with Crippen LogP contribution >= 0.6 is 0 Å². The lowest BCUT2D eigenvalue weighted by Gasteiger charge is -2.11. The summed E-state index contributed by atoms with van der Waals surface area (Å²) in [7, 11) is 1.49. The highest BCUT2D eigenvalue weighted by Gasteiger charge is 2.13. The van der Waals surface area contributed by atoms with Gasteiger partial charge in [0.25, 0.3) is 11.8 Å². The molecule has 2 rings (SSSR count). The third-order valence-corrected chi connectivity index (χ3v) is 4.60. The van der Waals surface area contributed by atoms with Gasteiger partial charge in [0.15, 0.2) is 6.61 Å². The fraction of sp³-hybridized carbons (Fsp3) is 0.304. The number of carbonyl (C=O) groups excluding carboxylic acids is 4. The zero-order chi connectivity index (χ0) is 23.7. The van der Waals surface area contributed by atoms with E-state index in [4.69, 9.17) is 9.47 Å². The van der Waals surface area contributed by atoms with Crippen molar-refractivity contribution in [1.82, 2.24) is 10.6 Å². The predicted molar refractivity (Wildman–Crippen MR) is 119 cm³/mol. The first-order valence-electron chi connectivity index (χ1n) is 9.92. The minimum Gasteiger partial charge on any atom is -0.495 e. The van der Waals surface area contributed by atoms with Gasteiger partial charge >= 0.3 is 5.97 Å². The summed E-state index contributed by atoms with van der Waals surface area (Å²) in [6.07, 6.45) is 0. The Balaban J connectivity index is 1.70. The Kier molecular flexibility index (Phi) is 8.76. The van der Waals surface area contributed by atoms with Crippen molar-refractivity contribution >= 4 is 29.4 Å². The molecule has 32 heavy (non-hydrogen) atoms. The molecule has 2 aromatic rings. The number of rotatable bonds is 9. The van der Waals surface area contributed by atoms with Crippen molar-refractivity contribution in [2.24, 2.45) is 0 Å². The van der Waals surface area contributed by atoms with E-state index in [0.29, 0.717) is 17.0 Å². The van der Waals surface area contributed by atoms with Gasteiger partial charge in [-0.2, -0.15) is 0 Å². The summed E-state index contributed by atoms with van der Waals surface area (Å²) in [5.41, 5.74) is 3.86. The first-order chi connectivity index (χ1) is 15.2. The molecule has 0 heterocycles. The Labute approximate surface area is 186 Å². The fourth-order valence-electron chi connectivity index (χ4n) is 2.68. The van der Waals surface area contributed by atoms with Crippen LogP contribution in [-0.4, -0.2) is 50.5 Å². The van der Waals surface area contributed by atoms with E-state index in [0.717, 1.165) is 16.7 Å². The number of amides is 3. The summed E-state index contributed by atoms with van der Waals surface area (Å²) in [5.74, 6) is -1.81. The number of nitrogens with one attached hydrogen (secondary N) is 3. The third kappa shape index (κ3) is 7.42. The largest absolute Gasteiger partial charge is 0.495 e. The molecule has 170 valence electrons. The summed E-state index contributed by atoms with van der Waals surface area (Å²) >= 11 is 0. The minimum atomic E-state index is -0.772. The molecule has 0 fully saturated rings. The van der Waals surface area contributed by atoms with Gasteiger partial charge in [-0.05, 0) is 61.7 Å². The molecule has 0 bridgehead atoms. The molecule has 0 saturated carbocycles. The maximum atomic E-state index is 12.1. The van der Waals surface area contributed by atoms with Gasteiger partial charge in [0.1, 0.15) is 12.3 Å². The van der Waals surface area contributed by atoms with Crippen molar-refractivity contribution in [3.05, 3.63) is 58.7 Å². The van der Waals surface area contributed by atoms with E-state index in [1.54, 1.807) is 24.3 Å². The highest BCUT2D eigenvalue weighted by molar-refractivity contribution is 5.97. The van der Waals surface area contributed by atoms with E-state index in [1.165, 1.54) is 7.11 Å². The molecule has 0 aliphatic carbocycles. The molecule has 0 atom stereocenters. The lowest BCUT2D eigenvalue weighted by Crippen LogP contribution is -2.37. The first kappa shape index (κ1) is 24.4. The van der Waals surface area contributed by atoms with Gasteiger partial charge in [-0.3, -0.25) is 19.2 Å². The molecule has 2 aromatic carbocycles. The van der Waals surface area contributed by atoms with Crippen molar-refractivity contribution in [1.29, 1.82) is 0 Å². The van der Waals surface area contributed by atoms with E-state index in [1.807, 2.05) is 32.9 Å². The quantitative estimate of drug-likeness (QED) is 0.509. The second-order valence-corrected chi connectivity index (χ2v) is 7.17. The number of hydrogen-bond donors (Lipinski definition) is 3. The van der Waals surface area contributed by atoms with Crippen LogP contribution in [0.3, 0.4) is 0 Å². The number of ether oxygens (including phenoxy) is 2. The number of methoxy groups -OCH3 is 1. The molecule has 3 amide bonds. The van der Waals surface area contributed by atoms with Crippen molar-refractivity contribution < 1.29 is 28.7 Å². The van der Waals surface area contributed by atoms with Crippen molar-refractivity contribution in [3.63, 3.8) is 0 Å².